The van der Waals surface area contributed by atoms with Gasteiger partial charge in [-0.15, -0.1) is 0 Å². The third-order valence-electron chi connectivity index (χ3n) is 3.30. The maximum atomic E-state index is 11.7. The first-order chi connectivity index (χ1) is 12.0. The quantitative estimate of drug-likeness (QED) is 0.392. The number of benzene rings is 2. The van der Waals surface area contributed by atoms with Crippen LogP contribution in [0.2, 0.25) is 15.1 Å². The first-order valence-corrected chi connectivity index (χ1v) is 8.75. The Morgan fingerprint density at radius 3 is 2.60 bits per heavy atom. The van der Waals surface area contributed by atoms with Gasteiger partial charge in [-0.2, -0.15) is 5.10 Å². The fourth-order valence-corrected chi connectivity index (χ4v) is 2.71. The number of nitrogens with one attached hydrogen (secondary N) is 1. The highest BCUT2D eigenvalue weighted by molar-refractivity contribution is 6.36. The zero-order valence-corrected chi connectivity index (χ0v) is 15.8. The Hall–Kier alpha value is -1.75. The van der Waals surface area contributed by atoms with Gasteiger partial charge < -0.3 is 4.74 Å². The van der Waals surface area contributed by atoms with Crippen molar-refractivity contribution in [3.63, 3.8) is 0 Å². The maximum absolute atomic E-state index is 11.7. The van der Waals surface area contributed by atoms with Crippen LogP contribution in [0.1, 0.15) is 24.0 Å². The Kier molecular flexibility index (Phi) is 7.56. The zero-order chi connectivity index (χ0) is 18.2. The Morgan fingerprint density at radius 2 is 1.88 bits per heavy atom. The van der Waals surface area contributed by atoms with E-state index >= 15 is 0 Å². The minimum absolute atomic E-state index is 0.197. The van der Waals surface area contributed by atoms with Crippen LogP contribution >= 0.6 is 34.8 Å². The molecule has 0 spiro atoms. The van der Waals surface area contributed by atoms with E-state index in [1.165, 1.54) is 6.21 Å². The SMILES string of the molecule is Cc1cc(Cl)ccc1OCCCC(=O)NN=Cc1ccc(Cl)cc1Cl. The summed E-state index contributed by atoms with van der Waals surface area (Å²) in [5.41, 5.74) is 4.09. The molecule has 0 saturated heterocycles. The van der Waals surface area contributed by atoms with E-state index in [1.807, 2.05) is 19.1 Å². The summed E-state index contributed by atoms with van der Waals surface area (Å²) < 4.78 is 5.64. The second-order valence-electron chi connectivity index (χ2n) is 5.32. The minimum Gasteiger partial charge on any atom is -0.493 e. The summed E-state index contributed by atoms with van der Waals surface area (Å²) in [7, 11) is 0. The molecule has 7 heteroatoms. The van der Waals surface area contributed by atoms with Crippen LogP contribution in [0.5, 0.6) is 5.75 Å². The van der Waals surface area contributed by atoms with Gasteiger partial charge in [-0.3, -0.25) is 4.79 Å². The molecule has 0 aromatic heterocycles. The lowest BCUT2D eigenvalue weighted by molar-refractivity contribution is -0.121. The Bertz CT molecular complexity index is 779. The van der Waals surface area contributed by atoms with Gasteiger partial charge in [-0.25, -0.2) is 5.43 Å². The molecule has 0 unspecified atom stereocenters. The van der Waals surface area contributed by atoms with E-state index in [4.69, 9.17) is 39.5 Å². The predicted molar refractivity (Wildman–Crippen MR) is 103 cm³/mol. The molecule has 2 aromatic carbocycles. The van der Waals surface area contributed by atoms with Gasteiger partial charge in [0.2, 0.25) is 5.91 Å². The summed E-state index contributed by atoms with van der Waals surface area (Å²) in [4.78, 5) is 11.7. The van der Waals surface area contributed by atoms with E-state index < -0.39 is 0 Å². The van der Waals surface area contributed by atoms with Gasteiger partial charge in [0.15, 0.2) is 0 Å². The molecule has 1 N–H and O–H groups in total. The van der Waals surface area contributed by atoms with Crippen molar-refractivity contribution in [3.8, 4) is 5.75 Å². The molecule has 0 aliphatic heterocycles. The van der Waals surface area contributed by atoms with E-state index in [2.05, 4.69) is 10.5 Å². The van der Waals surface area contributed by atoms with Crippen molar-refractivity contribution in [3.05, 3.63) is 62.6 Å². The zero-order valence-electron chi connectivity index (χ0n) is 13.6. The molecular formula is C18H17Cl3N2O2. The Balaban J connectivity index is 1.71. The van der Waals surface area contributed by atoms with Gasteiger partial charge in [0.25, 0.3) is 0 Å². The van der Waals surface area contributed by atoms with E-state index in [0.29, 0.717) is 40.1 Å². The lowest BCUT2D eigenvalue weighted by Gasteiger charge is -2.08. The number of hydrogen-bond acceptors (Lipinski definition) is 3. The van der Waals surface area contributed by atoms with Gasteiger partial charge in [-0.1, -0.05) is 40.9 Å². The van der Waals surface area contributed by atoms with Crippen LogP contribution in [0.3, 0.4) is 0 Å². The lowest BCUT2D eigenvalue weighted by atomic mass is 10.2. The summed E-state index contributed by atoms with van der Waals surface area (Å²) in [6.07, 6.45) is 2.35. The molecule has 0 radical (unpaired) electrons. The monoisotopic (exact) mass is 398 g/mol. The fraction of sp³-hybridized carbons (Fsp3) is 0.222. The van der Waals surface area contributed by atoms with Crippen LogP contribution in [0.4, 0.5) is 0 Å². The minimum atomic E-state index is -0.197. The molecule has 0 saturated carbocycles. The highest BCUT2D eigenvalue weighted by atomic mass is 35.5. The molecule has 0 fully saturated rings. The number of halogens is 3. The Morgan fingerprint density at radius 1 is 1.16 bits per heavy atom. The molecule has 2 aromatic rings. The van der Waals surface area contributed by atoms with Gasteiger partial charge in [0, 0.05) is 22.0 Å². The molecule has 2 rings (SSSR count). The molecule has 0 heterocycles. The first-order valence-electron chi connectivity index (χ1n) is 7.61. The number of ether oxygens (including phenoxy) is 1. The van der Waals surface area contributed by atoms with Crippen molar-refractivity contribution in [2.24, 2.45) is 5.10 Å². The van der Waals surface area contributed by atoms with Crippen LogP contribution < -0.4 is 10.2 Å². The third-order valence-corrected chi connectivity index (χ3v) is 4.10. The van der Waals surface area contributed by atoms with E-state index in [0.717, 1.165) is 11.3 Å². The first kappa shape index (κ1) is 19.6. The van der Waals surface area contributed by atoms with Crippen molar-refractivity contribution in [1.82, 2.24) is 5.43 Å². The standard InChI is InChI=1S/C18H17Cl3N2O2/c1-12-9-14(19)6-7-17(12)25-8-2-3-18(24)23-22-11-13-4-5-15(20)10-16(13)21/h4-7,9-11H,2-3,8H2,1H3,(H,23,24). The van der Waals surface area contributed by atoms with Crippen molar-refractivity contribution in [2.45, 2.75) is 19.8 Å². The fourth-order valence-electron chi connectivity index (χ4n) is 2.03. The summed E-state index contributed by atoms with van der Waals surface area (Å²) in [5.74, 6) is 0.568. The van der Waals surface area contributed by atoms with Crippen LogP contribution in [-0.4, -0.2) is 18.7 Å². The highest BCUT2D eigenvalue weighted by Crippen LogP contribution is 2.22. The molecule has 0 atom stereocenters. The van der Waals surface area contributed by atoms with Gasteiger partial charge >= 0.3 is 0 Å². The number of hydrogen-bond donors (Lipinski definition) is 1. The topological polar surface area (TPSA) is 50.7 Å². The number of rotatable bonds is 7. The normalized spacial score (nSPS) is 10.9. The van der Waals surface area contributed by atoms with Gasteiger partial charge in [0.1, 0.15) is 5.75 Å². The summed E-state index contributed by atoms with van der Waals surface area (Å²) in [6, 6.07) is 10.5. The molecule has 0 aliphatic rings. The average molecular weight is 400 g/mol. The largest absolute Gasteiger partial charge is 0.493 e. The molecule has 4 nitrogen and oxygen atoms in total. The number of amides is 1. The van der Waals surface area contributed by atoms with Crippen molar-refractivity contribution >= 4 is 46.9 Å². The van der Waals surface area contributed by atoms with Crippen molar-refractivity contribution in [2.75, 3.05) is 6.61 Å². The number of carbonyl (C=O) groups excluding carboxylic acids is 1. The average Bonchev–Trinajstić information content (AvgIpc) is 2.55. The summed E-state index contributed by atoms with van der Waals surface area (Å²) in [6.45, 7) is 2.35. The van der Waals surface area contributed by atoms with Crippen LogP contribution in [-0.2, 0) is 4.79 Å². The van der Waals surface area contributed by atoms with Gasteiger partial charge in [0.05, 0.1) is 17.8 Å². The van der Waals surface area contributed by atoms with Crippen molar-refractivity contribution in [1.29, 1.82) is 0 Å². The molecule has 0 bridgehead atoms. The van der Waals surface area contributed by atoms with E-state index in [9.17, 15) is 4.79 Å². The highest BCUT2D eigenvalue weighted by Gasteiger charge is 2.03. The molecule has 25 heavy (non-hydrogen) atoms. The lowest BCUT2D eigenvalue weighted by Crippen LogP contribution is -2.18. The number of carbonyl (C=O) groups is 1. The second kappa shape index (κ2) is 9.66. The molecule has 1 amide bonds. The van der Waals surface area contributed by atoms with E-state index in [1.54, 1.807) is 24.3 Å². The third kappa shape index (κ3) is 6.58. The summed E-state index contributed by atoms with van der Waals surface area (Å²) >= 11 is 17.7. The van der Waals surface area contributed by atoms with Crippen LogP contribution in [0.25, 0.3) is 0 Å². The van der Waals surface area contributed by atoms with Gasteiger partial charge in [-0.05, 0) is 49.2 Å². The van der Waals surface area contributed by atoms with Crippen molar-refractivity contribution < 1.29 is 9.53 Å². The molecule has 0 aliphatic carbocycles. The second-order valence-corrected chi connectivity index (χ2v) is 6.60. The molecular weight excluding hydrogens is 383 g/mol. The summed E-state index contributed by atoms with van der Waals surface area (Å²) in [5, 5.41) is 5.57. The smallest absolute Gasteiger partial charge is 0.240 e. The van der Waals surface area contributed by atoms with E-state index in [-0.39, 0.29) is 5.91 Å². The number of aryl methyl sites for hydroxylation is 1. The predicted octanol–water partition coefficient (Wildman–Crippen LogP) is 5.26. The number of nitrogens with zero attached hydrogens (tertiary/aromatic N) is 1. The number of hydrazone groups is 1. The Labute approximate surface area is 161 Å². The molecule has 132 valence electrons. The maximum Gasteiger partial charge on any atom is 0.240 e. The van der Waals surface area contributed by atoms with Crippen LogP contribution in [0.15, 0.2) is 41.5 Å². The van der Waals surface area contributed by atoms with Crippen LogP contribution in [0, 0.1) is 6.92 Å².